The van der Waals surface area contributed by atoms with Crippen LogP contribution < -0.4 is 4.74 Å². The lowest BCUT2D eigenvalue weighted by molar-refractivity contribution is 0.178. The van der Waals surface area contributed by atoms with Crippen LogP contribution in [0.1, 0.15) is 69.9 Å². The first-order chi connectivity index (χ1) is 13.2. The Balaban J connectivity index is 1.55. The molecule has 0 unspecified atom stereocenters. The number of hydrogen-bond acceptors (Lipinski definition) is 3. The molecule has 0 spiro atoms. The number of aryl methyl sites for hydroxylation is 2. The molecular weight excluding hydrogens is 332 g/mol. The summed E-state index contributed by atoms with van der Waals surface area (Å²) in [5.41, 5.74) is 3.46. The molecule has 0 saturated heterocycles. The van der Waals surface area contributed by atoms with Gasteiger partial charge >= 0.3 is 0 Å². The van der Waals surface area contributed by atoms with Gasteiger partial charge < -0.3 is 4.74 Å². The largest absolute Gasteiger partial charge is 0.493 e. The minimum Gasteiger partial charge on any atom is -0.493 e. The van der Waals surface area contributed by atoms with E-state index in [1.54, 1.807) is 0 Å². The molecule has 3 heteroatoms. The maximum atomic E-state index is 6.12. The zero-order valence-corrected chi connectivity index (χ0v) is 17.2. The number of rotatable bonds is 8. The lowest BCUT2D eigenvalue weighted by Crippen LogP contribution is -2.20. The van der Waals surface area contributed by atoms with E-state index in [2.05, 4.69) is 48.9 Å². The molecule has 1 aliphatic rings. The molecule has 146 valence electrons. The third-order valence-electron chi connectivity index (χ3n) is 5.83. The van der Waals surface area contributed by atoms with E-state index >= 15 is 0 Å². The first kappa shape index (κ1) is 19.9. The van der Waals surface area contributed by atoms with Crippen LogP contribution in [0.3, 0.4) is 0 Å². The predicted molar refractivity (Wildman–Crippen MR) is 112 cm³/mol. The maximum absolute atomic E-state index is 6.12. The van der Waals surface area contributed by atoms with Gasteiger partial charge in [0.1, 0.15) is 5.75 Å². The van der Waals surface area contributed by atoms with Gasteiger partial charge in [-0.05, 0) is 67.3 Å². The molecule has 1 aromatic heterocycles. The van der Waals surface area contributed by atoms with Gasteiger partial charge in [0.15, 0.2) is 5.82 Å². The Morgan fingerprint density at radius 3 is 2.30 bits per heavy atom. The summed E-state index contributed by atoms with van der Waals surface area (Å²) in [5, 5.41) is 0. The van der Waals surface area contributed by atoms with E-state index in [4.69, 9.17) is 4.74 Å². The molecular formula is C24H34N2O. The molecule has 3 nitrogen and oxygen atoms in total. The van der Waals surface area contributed by atoms with Gasteiger partial charge in [-0.2, -0.15) is 0 Å². The van der Waals surface area contributed by atoms with Crippen molar-refractivity contribution >= 4 is 0 Å². The maximum Gasteiger partial charge on any atom is 0.159 e. The summed E-state index contributed by atoms with van der Waals surface area (Å²) in [6, 6.07) is 6.29. The van der Waals surface area contributed by atoms with Crippen molar-refractivity contribution in [3.63, 3.8) is 0 Å². The number of hydrogen-bond donors (Lipinski definition) is 0. The third-order valence-corrected chi connectivity index (χ3v) is 5.83. The highest BCUT2D eigenvalue weighted by atomic mass is 16.5. The van der Waals surface area contributed by atoms with E-state index in [-0.39, 0.29) is 0 Å². The summed E-state index contributed by atoms with van der Waals surface area (Å²) in [5.74, 6) is 3.44. The molecule has 1 aromatic carbocycles. The normalized spacial score (nSPS) is 19.8. The zero-order valence-electron chi connectivity index (χ0n) is 17.2. The summed E-state index contributed by atoms with van der Waals surface area (Å²) < 4.78 is 6.12. The van der Waals surface area contributed by atoms with Crippen molar-refractivity contribution in [2.75, 3.05) is 6.61 Å². The van der Waals surface area contributed by atoms with Gasteiger partial charge in [0.2, 0.25) is 0 Å². The second-order valence-electron chi connectivity index (χ2n) is 8.13. The average Bonchev–Trinajstić information content (AvgIpc) is 2.69. The van der Waals surface area contributed by atoms with Crippen LogP contribution in [0.15, 0.2) is 30.6 Å². The number of benzene rings is 1. The summed E-state index contributed by atoms with van der Waals surface area (Å²) >= 11 is 0. The smallest absolute Gasteiger partial charge is 0.159 e. The standard InChI is InChI=1S/C24H34N2O/c1-4-6-19-8-10-20(11-9-19)17-27-22-12-13-23(18(3)14-22)24-25-15-21(7-5-2)16-26-24/h12-16,19-20H,4-11,17H2,1-3H3. The molecule has 3 rings (SSSR count). The van der Waals surface area contributed by atoms with E-state index in [1.165, 1.54) is 49.7 Å². The second kappa shape index (κ2) is 9.87. The Hall–Kier alpha value is -1.90. The molecule has 1 heterocycles. The van der Waals surface area contributed by atoms with Gasteiger partial charge in [-0.1, -0.05) is 46.0 Å². The Kier molecular flexibility index (Phi) is 7.25. The average molecular weight is 367 g/mol. The van der Waals surface area contributed by atoms with Gasteiger partial charge in [0, 0.05) is 18.0 Å². The molecule has 0 radical (unpaired) electrons. The quantitative estimate of drug-likeness (QED) is 0.543. The van der Waals surface area contributed by atoms with Gasteiger partial charge in [-0.15, -0.1) is 0 Å². The van der Waals surface area contributed by atoms with Crippen LogP contribution in [0, 0.1) is 18.8 Å². The minimum absolute atomic E-state index is 0.715. The zero-order chi connectivity index (χ0) is 19.1. The fourth-order valence-electron chi connectivity index (χ4n) is 4.20. The van der Waals surface area contributed by atoms with E-state index in [9.17, 15) is 0 Å². The van der Waals surface area contributed by atoms with E-state index in [0.29, 0.717) is 5.92 Å². The Bertz CT molecular complexity index is 703. The second-order valence-corrected chi connectivity index (χ2v) is 8.13. The molecule has 1 aliphatic carbocycles. The first-order valence-corrected chi connectivity index (χ1v) is 10.7. The van der Waals surface area contributed by atoms with E-state index < -0.39 is 0 Å². The number of nitrogens with zero attached hydrogens (tertiary/aromatic N) is 2. The monoisotopic (exact) mass is 366 g/mol. The van der Waals surface area contributed by atoms with Crippen LogP contribution in [0.5, 0.6) is 5.75 Å². The summed E-state index contributed by atoms with van der Waals surface area (Å²) in [6.45, 7) is 7.43. The molecule has 0 aliphatic heterocycles. The van der Waals surface area contributed by atoms with Gasteiger partial charge in [0.25, 0.3) is 0 Å². The fraction of sp³-hybridized carbons (Fsp3) is 0.583. The number of ether oxygens (including phenoxy) is 1. The van der Waals surface area contributed by atoms with Gasteiger partial charge in [-0.25, -0.2) is 9.97 Å². The van der Waals surface area contributed by atoms with Crippen LogP contribution in [0.25, 0.3) is 11.4 Å². The SMILES string of the molecule is CCCc1cnc(-c2ccc(OCC3CCC(CCC)CC3)cc2C)nc1. The summed E-state index contributed by atoms with van der Waals surface area (Å²) in [7, 11) is 0. The molecule has 0 bridgehead atoms. The Morgan fingerprint density at radius 2 is 1.67 bits per heavy atom. The molecule has 1 saturated carbocycles. The van der Waals surface area contributed by atoms with Crippen LogP contribution in [-0.4, -0.2) is 16.6 Å². The molecule has 1 fully saturated rings. The highest BCUT2D eigenvalue weighted by Crippen LogP contribution is 2.32. The summed E-state index contributed by atoms with van der Waals surface area (Å²) in [6.07, 6.45) is 14.2. The van der Waals surface area contributed by atoms with Crippen LogP contribution in [0.2, 0.25) is 0 Å². The summed E-state index contributed by atoms with van der Waals surface area (Å²) in [4.78, 5) is 9.10. The first-order valence-electron chi connectivity index (χ1n) is 10.7. The molecule has 0 atom stereocenters. The van der Waals surface area contributed by atoms with E-state index in [0.717, 1.165) is 42.5 Å². The van der Waals surface area contributed by atoms with Crippen molar-refractivity contribution in [3.05, 3.63) is 41.7 Å². The van der Waals surface area contributed by atoms with Crippen molar-refractivity contribution in [2.24, 2.45) is 11.8 Å². The third kappa shape index (κ3) is 5.54. The van der Waals surface area contributed by atoms with Crippen LogP contribution in [0.4, 0.5) is 0 Å². The van der Waals surface area contributed by atoms with Crippen molar-refractivity contribution in [1.29, 1.82) is 0 Å². The number of aromatic nitrogens is 2. The predicted octanol–water partition coefficient (Wildman–Crippen LogP) is 6.39. The van der Waals surface area contributed by atoms with Crippen LogP contribution in [-0.2, 0) is 6.42 Å². The van der Waals surface area contributed by atoms with Crippen molar-refractivity contribution in [2.45, 2.75) is 72.1 Å². The molecule has 27 heavy (non-hydrogen) atoms. The highest BCUT2D eigenvalue weighted by molar-refractivity contribution is 5.61. The fourth-order valence-corrected chi connectivity index (χ4v) is 4.20. The van der Waals surface area contributed by atoms with Gasteiger partial charge in [-0.3, -0.25) is 0 Å². The lowest BCUT2D eigenvalue weighted by Gasteiger charge is -2.28. The van der Waals surface area contributed by atoms with Crippen LogP contribution >= 0.6 is 0 Å². The molecule has 0 N–H and O–H groups in total. The molecule has 0 amide bonds. The highest BCUT2D eigenvalue weighted by Gasteiger charge is 2.21. The molecule has 2 aromatic rings. The topological polar surface area (TPSA) is 35.0 Å². The minimum atomic E-state index is 0.715. The van der Waals surface area contributed by atoms with E-state index in [1.807, 2.05) is 12.4 Å². The van der Waals surface area contributed by atoms with Gasteiger partial charge in [0.05, 0.1) is 6.61 Å². The lowest BCUT2D eigenvalue weighted by atomic mass is 9.80. The van der Waals surface area contributed by atoms with Crippen molar-refractivity contribution < 1.29 is 4.74 Å². The van der Waals surface area contributed by atoms with Crippen molar-refractivity contribution in [3.8, 4) is 17.1 Å². The Labute approximate surface area is 164 Å². The van der Waals surface area contributed by atoms with Crippen molar-refractivity contribution in [1.82, 2.24) is 9.97 Å². The Morgan fingerprint density at radius 1 is 0.963 bits per heavy atom.